The highest BCUT2D eigenvalue weighted by Crippen LogP contribution is 2.26. The molecule has 0 aliphatic carbocycles. The van der Waals surface area contributed by atoms with Crippen molar-refractivity contribution in [3.63, 3.8) is 0 Å². The maximum absolute atomic E-state index is 13.6. The van der Waals surface area contributed by atoms with E-state index < -0.39 is 0 Å². The molecule has 0 aliphatic heterocycles. The highest BCUT2D eigenvalue weighted by molar-refractivity contribution is 5.67. The zero-order chi connectivity index (χ0) is 15.9. The molecule has 6 heteroatoms. The van der Waals surface area contributed by atoms with Gasteiger partial charge in [-0.3, -0.25) is 0 Å². The lowest BCUT2D eigenvalue weighted by Crippen LogP contribution is -2.10. The van der Waals surface area contributed by atoms with Crippen LogP contribution in [0.1, 0.15) is 31.2 Å². The van der Waals surface area contributed by atoms with Crippen LogP contribution in [0.25, 0.3) is 0 Å². The van der Waals surface area contributed by atoms with Gasteiger partial charge in [-0.15, -0.1) is 0 Å². The molecule has 0 radical (unpaired) electrons. The molecule has 1 heterocycles. The van der Waals surface area contributed by atoms with Crippen molar-refractivity contribution < 1.29 is 9.13 Å². The van der Waals surface area contributed by atoms with Crippen molar-refractivity contribution >= 4 is 11.5 Å². The number of aryl methyl sites for hydroxylation is 1. The van der Waals surface area contributed by atoms with Gasteiger partial charge in [-0.05, 0) is 19.4 Å². The molecule has 0 saturated heterocycles. The summed E-state index contributed by atoms with van der Waals surface area (Å²) in [4.78, 5) is 8.46. The molecule has 0 bridgehead atoms. The van der Waals surface area contributed by atoms with Gasteiger partial charge in [0.15, 0.2) is 5.82 Å². The lowest BCUT2D eigenvalue weighted by molar-refractivity contribution is 0.298. The monoisotopic (exact) mass is 304 g/mol. The number of nitrogens with two attached hydrogens (primary N) is 1. The zero-order valence-corrected chi connectivity index (χ0v) is 12.9. The summed E-state index contributed by atoms with van der Waals surface area (Å²) in [6.45, 7) is 4.70. The SMILES string of the molecule is CCCCOc1nc(C)nc(NCc2ccccc2F)c1N. The lowest BCUT2D eigenvalue weighted by atomic mass is 10.2. The summed E-state index contributed by atoms with van der Waals surface area (Å²) in [7, 11) is 0. The topological polar surface area (TPSA) is 73.1 Å². The van der Waals surface area contributed by atoms with Gasteiger partial charge >= 0.3 is 0 Å². The van der Waals surface area contributed by atoms with Crippen LogP contribution < -0.4 is 15.8 Å². The highest BCUT2D eigenvalue weighted by atomic mass is 19.1. The second-order valence-electron chi connectivity index (χ2n) is 4.99. The molecule has 5 nitrogen and oxygen atoms in total. The molecular formula is C16H21FN4O. The summed E-state index contributed by atoms with van der Waals surface area (Å²) < 4.78 is 19.2. The predicted octanol–water partition coefficient (Wildman–Crippen LogP) is 3.30. The molecule has 2 rings (SSSR count). The molecule has 0 amide bonds. The van der Waals surface area contributed by atoms with E-state index >= 15 is 0 Å². The number of ether oxygens (including phenoxy) is 1. The van der Waals surface area contributed by atoms with Crippen LogP contribution in [0.4, 0.5) is 15.9 Å². The van der Waals surface area contributed by atoms with Gasteiger partial charge in [-0.1, -0.05) is 31.5 Å². The molecule has 1 aromatic carbocycles. The molecule has 2 aromatic rings. The van der Waals surface area contributed by atoms with E-state index in [-0.39, 0.29) is 5.82 Å². The summed E-state index contributed by atoms with van der Waals surface area (Å²) in [6, 6.07) is 6.58. The Morgan fingerprint density at radius 3 is 2.77 bits per heavy atom. The Bertz CT molecular complexity index is 634. The minimum Gasteiger partial charge on any atom is -0.476 e. The summed E-state index contributed by atoms with van der Waals surface area (Å²) in [5, 5.41) is 3.05. The summed E-state index contributed by atoms with van der Waals surface area (Å²) >= 11 is 0. The first-order valence-corrected chi connectivity index (χ1v) is 7.36. The molecular weight excluding hydrogens is 283 g/mol. The Labute approximate surface area is 129 Å². The second kappa shape index (κ2) is 7.59. The van der Waals surface area contributed by atoms with Crippen LogP contribution in [-0.2, 0) is 6.54 Å². The molecule has 118 valence electrons. The van der Waals surface area contributed by atoms with Crippen molar-refractivity contribution in [2.45, 2.75) is 33.2 Å². The minimum atomic E-state index is -0.265. The number of rotatable bonds is 7. The van der Waals surface area contributed by atoms with Crippen LogP contribution in [-0.4, -0.2) is 16.6 Å². The van der Waals surface area contributed by atoms with Gasteiger partial charge in [0.05, 0.1) is 6.61 Å². The van der Waals surface area contributed by atoms with Crippen molar-refractivity contribution in [1.82, 2.24) is 9.97 Å². The minimum absolute atomic E-state index is 0.265. The molecule has 22 heavy (non-hydrogen) atoms. The van der Waals surface area contributed by atoms with E-state index in [0.717, 1.165) is 12.8 Å². The normalized spacial score (nSPS) is 10.5. The maximum atomic E-state index is 13.6. The van der Waals surface area contributed by atoms with Crippen LogP contribution in [0.5, 0.6) is 5.88 Å². The molecule has 0 aliphatic rings. The highest BCUT2D eigenvalue weighted by Gasteiger charge is 2.12. The van der Waals surface area contributed by atoms with Gasteiger partial charge in [0, 0.05) is 12.1 Å². The number of benzene rings is 1. The van der Waals surface area contributed by atoms with Crippen molar-refractivity contribution in [3.05, 3.63) is 41.5 Å². The van der Waals surface area contributed by atoms with Crippen molar-refractivity contribution in [2.75, 3.05) is 17.7 Å². The average Bonchev–Trinajstić information content (AvgIpc) is 2.50. The number of halogens is 1. The Kier molecular flexibility index (Phi) is 5.52. The Hall–Kier alpha value is -2.37. The van der Waals surface area contributed by atoms with E-state index in [1.165, 1.54) is 6.07 Å². The predicted molar refractivity (Wildman–Crippen MR) is 85.3 cm³/mol. The molecule has 0 saturated carbocycles. The molecule has 0 fully saturated rings. The first-order valence-electron chi connectivity index (χ1n) is 7.36. The van der Waals surface area contributed by atoms with E-state index in [0.29, 0.717) is 41.9 Å². The van der Waals surface area contributed by atoms with Gasteiger partial charge in [-0.25, -0.2) is 9.37 Å². The second-order valence-corrected chi connectivity index (χ2v) is 4.99. The lowest BCUT2D eigenvalue weighted by Gasteiger charge is -2.13. The number of unbranched alkanes of at least 4 members (excludes halogenated alkanes) is 1. The van der Waals surface area contributed by atoms with Crippen LogP contribution in [0.2, 0.25) is 0 Å². The Morgan fingerprint density at radius 2 is 2.05 bits per heavy atom. The fourth-order valence-electron chi connectivity index (χ4n) is 1.93. The molecule has 3 N–H and O–H groups in total. The number of nitrogens with zero attached hydrogens (tertiary/aromatic N) is 2. The first kappa shape index (κ1) is 16.0. The summed E-state index contributed by atoms with van der Waals surface area (Å²) in [5.41, 5.74) is 6.92. The number of hydrogen-bond acceptors (Lipinski definition) is 5. The van der Waals surface area contributed by atoms with Crippen LogP contribution in [0.3, 0.4) is 0 Å². The van der Waals surface area contributed by atoms with E-state index in [4.69, 9.17) is 10.5 Å². The third-order valence-corrected chi connectivity index (χ3v) is 3.16. The van der Waals surface area contributed by atoms with Crippen molar-refractivity contribution in [3.8, 4) is 5.88 Å². The van der Waals surface area contributed by atoms with Gasteiger partial charge in [0.1, 0.15) is 17.3 Å². The van der Waals surface area contributed by atoms with E-state index in [1.807, 2.05) is 0 Å². The smallest absolute Gasteiger partial charge is 0.242 e. The third kappa shape index (κ3) is 4.07. The van der Waals surface area contributed by atoms with E-state index in [1.54, 1.807) is 25.1 Å². The van der Waals surface area contributed by atoms with Gasteiger partial charge in [0.2, 0.25) is 5.88 Å². The number of aromatic nitrogens is 2. The number of hydrogen-bond donors (Lipinski definition) is 2. The van der Waals surface area contributed by atoms with Gasteiger partial charge in [0.25, 0.3) is 0 Å². The molecule has 0 atom stereocenters. The first-order chi connectivity index (χ1) is 10.6. The fourth-order valence-corrected chi connectivity index (χ4v) is 1.93. The summed E-state index contributed by atoms with van der Waals surface area (Å²) in [6.07, 6.45) is 1.96. The average molecular weight is 304 g/mol. The zero-order valence-electron chi connectivity index (χ0n) is 12.9. The largest absolute Gasteiger partial charge is 0.476 e. The Morgan fingerprint density at radius 1 is 1.27 bits per heavy atom. The standard InChI is InChI=1S/C16H21FN4O/c1-3-4-9-22-16-14(18)15(20-11(2)21-16)19-10-12-7-5-6-8-13(12)17/h5-8H,3-4,9-10,18H2,1-2H3,(H,19,20,21). The van der Waals surface area contributed by atoms with Crippen LogP contribution >= 0.6 is 0 Å². The van der Waals surface area contributed by atoms with Crippen molar-refractivity contribution in [1.29, 1.82) is 0 Å². The Balaban J connectivity index is 2.11. The molecule has 0 unspecified atom stereocenters. The quantitative estimate of drug-likeness (QED) is 0.768. The van der Waals surface area contributed by atoms with E-state index in [2.05, 4.69) is 22.2 Å². The molecule has 0 spiro atoms. The number of nitrogens with one attached hydrogen (secondary N) is 1. The van der Waals surface area contributed by atoms with Crippen molar-refractivity contribution in [2.24, 2.45) is 0 Å². The fraction of sp³-hybridized carbons (Fsp3) is 0.375. The summed E-state index contributed by atoms with van der Waals surface area (Å²) in [5.74, 6) is 1.12. The number of nitrogen functional groups attached to an aromatic ring is 1. The van der Waals surface area contributed by atoms with Crippen LogP contribution in [0.15, 0.2) is 24.3 Å². The maximum Gasteiger partial charge on any atom is 0.242 e. The molecule has 1 aromatic heterocycles. The number of anilines is 2. The van der Waals surface area contributed by atoms with Gasteiger partial charge < -0.3 is 15.8 Å². The van der Waals surface area contributed by atoms with Gasteiger partial charge in [-0.2, -0.15) is 4.98 Å². The third-order valence-electron chi connectivity index (χ3n) is 3.16. The van der Waals surface area contributed by atoms with E-state index in [9.17, 15) is 4.39 Å². The van der Waals surface area contributed by atoms with Crippen LogP contribution in [0, 0.1) is 12.7 Å².